The van der Waals surface area contributed by atoms with Crippen LogP contribution in [0.3, 0.4) is 0 Å². The Hall–Kier alpha value is -3.81. The van der Waals surface area contributed by atoms with Crippen molar-refractivity contribution < 1.29 is 0 Å². The molecule has 0 fully saturated rings. The van der Waals surface area contributed by atoms with Crippen molar-refractivity contribution in [3.05, 3.63) is 48.7 Å². The highest BCUT2D eigenvalue weighted by Gasteiger charge is 2.19. The predicted octanol–water partition coefficient (Wildman–Crippen LogP) is 3.32. The van der Waals surface area contributed by atoms with Crippen molar-refractivity contribution >= 4 is 27.9 Å². The highest BCUT2D eigenvalue weighted by molar-refractivity contribution is 6.04. The molecule has 28 heavy (non-hydrogen) atoms. The van der Waals surface area contributed by atoms with Crippen LogP contribution in [0.15, 0.2) is 43.0 Å². The molecule has 0 aliphatic heterocycles. The molecule has 5 aromatic rings. The number of pyridine rings is 2. The molecule has 0 bridgehead atoms. The third kappa shape index (κ3) is 2.42. The van der Waals surface area contributed by atoms with E-state index in [1.165, 1.54) is 0 Å². The lowest BCUT2D eigenvalue weighted by Crippen LogP contribution is -1.97. The van der Waals surface area contributed by atoms with Gasteiger partial charge in [-0.05, 0) is 25.1 Å². The molecule has 5 heterocycles. The van der Waals surface area contributed by atoms with Crippen LogP contribution in [0.4, 0.5) is 5.82 Å². The van der Waals surface area contributed by atoms with Crippen LogP contribution >= 0.6 is 0 Å². The largest absolute Gasteiger partial charge is 0.371 e. The van der Waals surface area contributed by atoms with Gasteiger partial charge in [-0.2, -0.15) is 0 Å². The highest BCUT2D eigenvalue weighted by atomic mass is 15.0. The number of rotatable bonds is 3. The van der Waals surface area contributed by atoms with Crippen LogP contribution < -0.4 is 5.32 Å². The fourth-order valence-corrected chi connectivity index (χ4v) is 3.53. The molecule has 0 amide bonds. The summed E-state index contributed by atoms with van der Waals surface area (Å²) in [5.74, 6) is 1.38. The number of hydrogen-bond acceptors (Lipinski definition) is 6. The molecule has 0 unspecified atom stereocenters. The number of fused-ring (bicyclic) bond motifs is 2. The van der Waals surface area contributed by atoms with Crippen molar-refractivity contribution in [2.45, 2.75) is 6.92 Å². The van der Waals surface area contributed by atoms with Crippen LogP contribution in [0.2, 0.25) is 0 Å². The van der Waals surface area contributed by atoms with E-state index in [4.69, 9.17) is 4.98 Å². The van der Waals surface area contributed by atoms with E-state index < -0.39 is 0 Å². The zero-order valence-electron chi connectivity index (χ0n) is 15.7. The van der Waals surface area contributed by atoms with Gasteiger partial charge in [0.2, 0.25) is 0 Å². The standard InChI is InChI=1S/C20H18N8/c1-11-5-4-6-14(25-11)18-26-15(16-19(27-18)24-10-23-16)13-9-28(3)17-12(13)7-8-22-20(17)21-2/h4-10H,1-3H3,(H,21,22)(H,23,24,26,27). The van der Waals surface area contributed by atoms with Crippen molar-refractivity contribution in [2.24, 2.45) is 7.05 Å². The third-order valence-corrected chi connectivity index (χ3v) is 4.78. The van der Waals surface area contributed by atoms with Gasteiger partial charge in [0, 0.05) is 43.1 Å². The minimum Gasteiger partial charge on any atom is -0.371 e. The quantitative estimate of drug-likeness (QED) is 0.506. The van der Waals surface area contributed by atoms with Gasteiger partial charge in [-0.1, -0.05) is 6.07 Å². The molecule has 0 spiro atoms. The van der Waals surface area contributed by atoms with Gasteiger partial charge >= 0.3 is 0 Å². The molecule has 138 valence electrons. The van der Waals surface area contributed by atoms with Crippen LogP contribution in [0.25, 0.3) is 44.8 Å². The lowest BCUT2D eigenvalue weighted by Gasteiger charge is -2.06. The Morgan fingerprint density at radius 1 is 1.07 bits per heavy atom. The molecule has 2 N–H and O–H groups in total. The van der Waals surface area contributed by atoms with Gasteiger partial charge in [0.25, 0.3) is 0 Å². The van der Waals surface area contributed by atoms with Gasteiger partial charge in [0.1, 0.15) is 22.7 Å². The van der Waals surface area contributed by atoms with Crippen molar-refractivity contribution in [2.75, 3.05) is 12.4 Å². The maximum atomic E-state index is 4.86. The number of aryl methyl sites for hydroxylation is 2. The summed E-state index contributed by atoms with van der Waals surface area (Å²) in [4.78, 5) is 26.1. The second kappa shape index (κ2) is 6.12. The maximum Gasteiger partial charge on any atom is 0.180 e. The molecule has 5 aromatic heterocycles. The van der Waals surface area contributed by atoms with Gasteiger partial charge in [0.15, 0.2) is 11.5 Å². The number of hydrogen-bond donors (Lipinski definition) is 2. The topological polar surface area (TPSA) is 97.2 Å². The van der Waals surface area contributed by atoms with Gasteiger partial charge < -0.3 is 14.9 Å². The Morgan fingerprint density at radius 3 is 2.79 bits per heavy atom. The minimum absolute atomic E-state index is 0.565. The third-order valence-electron chi connectivity index (χ3n) is 4.78. The van der Waals surface area contributed by atoms with Gasteiger partial charge in [-0.15, -0.1) is 0 Å². The average molecular weight is 370 g/mol. The Balaban J connectivity index is 1.82. The number of nitrogens with zero attached hydrogens (tertiary/aromatic N) is 6. The predicted molar refractivity (Wildman–Crippen MR) is 109 cm³/mol. The van der Waals surface area contributed by atoms with Gasteiger partial charge in [-0.25, -0.2) is 24.9 Å². The molecule has 0 radical (unpaired) electrons. The molecular formula is C20H18N8. The molecular weight excluding hydrogens is 352 g/mol. The van der Waals surface area contributed by atoms with E-state index in [1.807, 2.05) is 45.3 Å². The monoisotopic (exact) mass is 370 g/mol. The molecule has 8 nitrogen and oxygen atoms in total. The average Bonchev–Trinajstić information content (AvgIpc) is 3.32. The second-order valence-corrected chi connectivity index (χ2v) is 6.62. The molecule has 0 aliphatic carbocycles. The van der Waals surface area contributed by atoms with E-state index >= 15 is 0 Å². The SMILES string of the molecule is CNc1nccc2c(-c3nc(-c4cccc(C)n4)nc4[nH]cnc34)cn(C)c12. The number of aromatic nitrogens is 7. The number of imidazole rings is 1. The van der Waals surface area contributed by atoms with E-state index in [1.54, 1.807) is 12.5 Å². The Labute approximate surface area is 160 Å². The molecule has 0 aromatic carbocycles. The number of nitrogens with one attached hydrogen (secondary N) is 2. The van der Waals surface area contributed by atoms with E-state index in [9.17, 15) is 0 Å². The molecule has 5 rings (SSSR count). The first-order valence-electron chi connectivity index (χ1n) is 8.93. The van der Waals surface area contributed by atoms with Gasteiger partial charge in [0.05, 0.1) is 11.8 Å². The van der Waals surface area contributed by atoms with Crippen LogP contribution in [0.5, 0.6) is 0 Å². The van der Waals surface area contributed by atoms with E-state index in [2.05, 4.69) is 41.0 Å². The van der Waals surface area contributed by atoms with E-state index in [-0.39, 0.29) is 0 Å². The Kier molecular flexibility index (Phi) is 3.58. The summed E-state index contributed by atoms with van der Waals surface area (Å²) in [7, 11) is 3.87. The Morgan fingerprint density at radius 2 is 1.96 bits per heavy atom. The fourth-order valence-electron chi connectivity index (χ4n) is 3.53. The number of anilines is 1. The summed E-state index contributed by atoms with van der Waals surface area (Å²) in [6.07, 6.45) is 5.49. The summed E-state index contributed by atoms with van der Waals surface area (Å²) in [6, 6.07) is 7.83. The molecule has 0 atom stereocenters. The minimum atomic E-state index is 0.565. The van der Waals surface area contributed by atoms with Crippen molar-refractivity contribution in [3.8, 4) is 22.8 Å². The summed E-state index contributed by atoms with van der Waals surface area (Å²) in [5, 5.41) is 4.20. The molecule has 0 saturated carbocycles. The van der Waals surface area contributed by atoms with E-state index in [0.717, 1.165) is 44.9 Å². The fraction of sp³-hybridized carbons (Fsp3) is 0.150. The first-order chi connectivity index (χ1) is 13.7. The normalized spacial score (nSPS) is 11.4. The lowest BCUT2D eigenvalue weighted by molar-refractivity contribution is 0.966. The first-order valence-corrected chi connectivity index (χ1v) is 8.93. The lowest BCUT2D eigenvalue weighted by atomic mass is 10.1. The summed E-state index contributed by atoms with van der Waals surface area (Å²) >= 11 is 0. The summed E-state index contributed by atoms with van der Waals surface area (Å²) < 4.78 is 2.05. The van der Waals surface area contributed by atoms with Crippen LogP contribution in [0, 0.1) is 6.92 Å². The van der Waals surface area contributed by atoms with Crippen molar-refractivity contribution in [1.82, 2.24) is 34.5 Å². The van der Waals surface area contributed by atoms with Crippen molar-refractivity contribution in [3.63, 3.8) is 0 Å². The molecule has 0 saturated heterocycles. The molecule has 8 heteroatoms. The number of aromatic amines is 1. The Bertz CT molecular complexity index is 1330. The zero-order valence-corrected chi connectivity index (χ0v) is 15.7. The number of H-pyrrole nitrogens is 1. The second-order valence-electron chi connectivity index (χ2n) is 6.62. The van der Waals surface area contributed by atoms with Crippen LogP contribution in [-0.2, 0) is 7.05 Å². The summed E-state index contributed by atoms with van der Waals surface area (Å²) in [6.45, 7) is 1.95. The van der Waals surface area contributed by atoms with Crippen LogP contribution in [-0.4, -0.2) is 41.5 Å². The molecule has 0 aliphatic rings. The smallest absolute Gasteiger partial charge is 0.180 e. The van der Waals surface area contributed by atoms with E-state index in [0.29, 0.717) is 11.5 Å². The van der Waals surface area contributed by atoms with Crippen LogP contribution in [0.1, 0.15) is 5.69 Å². The zero-order chi connectivity index (χ0) is 19.3. The maximum absolute atomic E-state index is 4.86. The first kappa shape index (κ1) is 16.4. The van der Waals surface area contributed by atoms with Gasteiger partial charge in [-0.3, -0.25) is 0 Å². The highest BCUT2D eigenvalue weighted by Crippen LogP contribution is 2.35. The summed E-state index contributed by atoms with van der Waals surface area (Å²) in [5.41, 5.74) is 5.82. The van der Waals surface area contributed by atoms with Crippen molar-refractivity contribution in [1.29, 1.82) is 0 Å².